The Bertz CT molecular complexity index is 618. The highest BCUT2D eigenvalue weighted by Crippen LogP contribution is 2.56. The number of nitrogens with zero attached hydrogens (tertiary/aromatic N) is 2. The molecule has 4 rings (SSSR count). The average Bonchev–Trinajstić information content (AvgIpc) is 2.71. The third kappa shape index (κ3) is 1.84. The summed E-state index contributed by atoms with van der Waals surface area (Å²) in [6.45, 7) is 2.45. The highest BCUT2D eigenvalue weighted by molar-refractivity contribution is 5.78. The fourth-order valence-corrected chi connectivity index (χ4v) is 3.62. The van der Waals surface area contributed by atoms with Crippen molar-refractivity contribution in [1.82, 2.24) is 15.1 Å². The average molecular weight is 263 g/mol. The van der Waals surface area contributed by atoms with Gasteiger partial charge in [0.25, 0.3) is 0 Å². The Morgan fingerprint density at radius 1 is 1.26 bits per heavy atom. The minimum atomic E-state index is -2.40. The van der Waals surface area contributed by atoms with Gasteiger partial charge >= 0.3 is 0 Å². The van der Waals surface area contributed by atoms with Gasteiger partial charge < -0.3 is 0 Å². The van der Waals surface area contributed by atoms with Crippen molar-refractivity contribution in [2.24, 2.45) is 5.41 Å². The van der Waals surface area contributed by atoms with Gasteiger partial charge in [-0.2, -0.15) is 5.10 Å². The molecular formula is C14H15F2N3. The van der Waals surface area contributed by atoms with E-state index in [1.807, 2.05) is 6.07 Å². The largest absolute Gasteiger partial charge is 0.298 e. The SMILES string of the molecule is FC1(F)CC2(CN(Cc3ccc4cn[nH]c4c3)C2)C1. The van der Waals surface area contributed by atoms with Gasteiger partial charge in [-0.3, -0.25) is 10.00 Å². The number of nitrogens with one attached hydrogen (secondary N) is 1. The smallest absolute Gasteiger partial charge is 0.249 e. The number of fused-ring (bicyclic) bond motifs is 1. The van der Waals surface area contributed by atoms with Gasteiger partial charge in [0, 0.05) is 43.3 Å². The van der Waals surface area contributed by atoms with Crippen LogP contribution < -0.4 is 0 Å². The molecule has 1 aliphatic heterocycles. The van der Waals surface area contributed by atoms with Crippen molar-refractivity contribution in [1.29, 1.82) is 0 Å². The number of benzene rings is 1. The number of H-pyrrole nitrogens is 1. The van der Waals surface area contributed by atoms with Crippen LogP contribution in [0.25, 0.3) is 10.9 Å². The number of rotatable bonds is 2. The lowest BCUT2D eigenvalue weighted by Crippen LogP contribution is -2.65. The van der Waals surface area contributed by atoms with Crippen LogP contribution in [0.1, 0.15) is 18.4 Å². The van der Waals surface area contributed by atoms with Gasteiger partial charge in [0.2, 0.25) is 5.92 Å². The fraction of sp³-hybridized carbons (Fsp3) is 0.500. The molecule has 1 aromatic heterocycles. The van der Waals surface area contributed by atoms with E-state index < -0.39 is 5.92 Å². The maximum absolute atomic E-state index is 12.9. The van der Waals surface area contributed by atoms with Crippen LogP contribution in [0.2, 0.25) is 0 Å². The maximum atomic E-state index is 12.9. The molecule has 1 saturated heterocycles. The summed E-state index contributed by atoms with van der Waals surface area (Å²) < 4.78 is 25.8. The van der Waals surface area contributed by atoms with Gasteiger partial charge in [-0.1, -0.05) is 12.1 Å². The molecule has 0 bridgehead atoms. The highest BCUT2D eigenvalue weighted by atomic mass is 19.3. The summed E-state index contributed by atoms with van der Waals surface area (Å²) in [5.74, 6) is -2.40. The van der Waals surface area contributed by atoms with Crippen LogP contribution in [-0.2, 0) is 6.54 Å². The summed E-state index contributed by atoms with van der Waals surface area (Å²) in [4.78, 5) is 2.24. The summed E-state index contributed by atoms with van der Waals surface area (Å²) >= 11 is 0. The Kier molecular flexibility index (Phi) is 2.11. The lowest BCUT2D eigenvalue weighted by atomic mass is 9.61. The first-order valence-electron chi connectivity index (χ1n) is 6.56. The molecule has 3 nitrogen and oxygen atoms in total. The zero-order valence-electron chi connectivity index (χ0n) is 10.5. The molecule has 1 saturated carbocycles. The first-order valence-corrected chi connectivity index (χ1v) is 6.56. The number of likely N-dealkylation sites (tertiary alicyclic amines) is 1. The van der Waals surface area contributed by atoms with Crippen molar-refractivity contribution in [3.63, 3.8) is 0 Å². The summed E-state index contributed by atoms with van der Waals surface area (Å²) in [7, 11) is 0. The number of halogens is 2. The second-order valence-electron chi connectivity index (χ2n) is 6.15. The van der Waals surface area contributed by atoms with Crippen LogP contribution in [0.15, 0.2) is 24.4 Å². The van der Waals surface area contributed by atoms with E-state index in [0.29, 0.717) is 0 Å². The van der Waals surface area contributed by atoms with Gasteiger partial charge in [-0.05, 0) is 11.6 Å². The lowest BCUT2D eigenvalue weighted by Gasteiger charge is -2.58. The van der Waals surface area contributed by atoms with Gasteiger partial charge in [-0.25, -0.2) is 8.78 Å². The molecular weight excluding hydrogens is 248 g/mol. The molecule has 1 aliphatic carbocycles. The molecule has 19 heavy (non-hydrogen) atoms. The molecule has 0 radical (unpaired) electrons. The maximum Gasteiger partial charge on any atom is 0.249 e. The molecule has 5 heteroatoms. The summed E-state index contributed by atoms with van der Waals surface area (Å²) in [5, 5.41) is 8.05. The molecule has 2 fully saturated rings. The molecule has 1 spiro atoms. The number of alkyl halides is 2. The molecule has 2 aromatic rings. The number of hydrogen-bond donors (Lipinski definition) is 1. The van der Waals surface area contributed by atoms with E-state index in [1.165, 1.54) is 5.56 Å². The van der Waals surface area contributed by atoms with E-state index in [9.17, 15) is 8.78 Å². The molecule has 100 valence electrons. The van der Waals surface area contributed by atoms with Crippen molar-refractivity contribution in [3.8, 4) is 0 Å². The van der Waals surface area contributed by atoms with Gasteiger partial charge in [0.15, 0.2) is 0 Å². The normalized spacial score (nSPS) is 24.3. The summed E-state index contributed by atoms with van der Waals surface area (Å²) in [6.07, 6.45) is 1.96. The van der Waals surface area contributed by atoms with E-state index in [4.69, 9.17) is 0 Å². The van der Waals surface area contributed by atoms with Crippen molar-refractivity contribution >= 4 is 10.9 Å². The Hall–Kier alpha value is -1.49. The minimum Gasteiger partial charge on any atom is -0.298 e. The Morgan fingerprint density at radius 3 is 2.79 bits per heavy atom. The second-order valence-corrected chi connectivity index (χ2v) is 6.15. The second kappa shape index (κ2) is 3.54. The zero-order valence-corrected chi connectivity index (χ0v) is 10.5. The molecule has 0 amide bonds. The van der Waals surface area contributed by atoms with E-state index in [1.54, 1.807) is 6.20 Å². The van der Waals surface area contributed by atoms with Crippen LogP contribution in [0.5, 0.6) is 0 Å². The standard InChI is InChI=1S/C14H15F2N3/c15-14(16)6-13(7-14)8-19(9-13)5-10-1-2-11-4-17-18-12(11)3-10/h1-4H,5-9H2,(H,17,18). The number of aromatic amines is 1. The molecule has 2 aliphatic rings. The first kappa shape index (κ1) is 11.3. The molecule has 0 atom stereocenters. The van der Waals surface area contributed by atoms with Crippen LogP contribution in [-0.4, -0.2) is 34.1 Å². The molecule has 2 heterocycles. The minimum absolute atomic E-state index is 0.0794. The van der Waals surface area contributed by atoms with E-state index in [2.05, 4.69) is 27.2 Å². The third-order valence-electron chi connectivity index (χ3n) is 4.30. The van der Waals surface area contributed by atoms with E-state index in [-0.39, 0.29) is 18.3 Å². The Labute approximate surface area is 109 Å². The van der Waals surface area contributed by atoms with E-state index in [0.717, 1.165) is 30.5 Å². The van der Waals surface area contributed by atoms with Crippen molar-refractivity contribution in [2.45, 2.75) is 25.3 Å². The topological polar surface area (TPSA) is 31.9 Å². The van der Waals surface area contributed by atoms with Crippen molar-refractivity contribution in [2.75, 3.05) is 13.1 Å². The monoisotopic (exact) mass is 263 g/mol. The van der Waals surface area contributed by atoms with Crippen LogP contribution >= 0.6 is 0 Å². The molecule has 1 aromatic carbocycles. The Morgan fingerprint density at radius 2 is 2.05 bits per heavy atom. The van der Waals surface area contributed by atoms with Gasteiger partial charge in [0.1, 0.15) is 0 Å². The zero-order chi connectivity index (χ0) is 13.1. The Balaban J connectivity index is 1.41. The fourth-order valence-electron chi connectivity index (χ4n) is 3.62. The quantitative estimate of drug-likeness (QED) is 0.903. The number of aromatic nitrogens is 2. The van der Waals surface area contributed by atoms with Gasteiger partial charge in [0.05, 0.1) is 11.7 Å². The van der Waals surface area contributed by atoms with Crippen molar-refractivity contribution < 1.29 is 8.78 Å². The van der Waals surface area contributed by atoms with Crippen LogP contribution in [0.3, 0.4) is 0 Å². The number of hydrogen-bond acceptors (Lipinski definition) is 2. The van der Waals surface area contributed by atoms with Crippen molar-refractivity contribution in [3.05, 3.63) is 30.0 Å². The van der Waals surface area contributed by atoms with E-state index >= 15 is 0 Å². The first-order chi connectivity index (χ1) is 9.04. The predicted octanol–water partition coefficient (Wildman–Crippen LogP) is 2.79. The van der Waals surface area contributed by atoms with Gasteiger partial charge in [-0.15, -0.1) is 0 Å². The molecule has 1 N–H and O–H groups in total. The predicted molar refractivity (Wildman–Crippen MR) is 68.0 cm³/mol. The lowest BCUT2D eigenvalue weighted by molar-refractivity contribution is -0.214. The molecule has 0 unspecified atom stereocenters. The third-order valence-corrected chi connectivity index (χ3v) is 4.30. The van der Waals surface area contributed by atoms with Crippen LogP contribution in [0.4, 0.5) is 8.78 Å². The summed E-state index contributed by atoms with van der Waals surface area (Å²) in [6, 6.07) is 6.21. The highest BCUT2D eigenvalue weighted by Gasteiger charge is 2.61. The summed E-state index contributed by atoms with van der Waals surface area (Å²) in [5.41, 5.74) is 2.15. The van der Waals surface area contributed by atoms with Crippen LogP contribution in [0, 0.1) is 5.41 Å².